The largest absolute Gasteiger partial charge is 0.467 e. The second-order valence-corrected chi connectivity index (χ2v) is 12.3. The summed E-state index contributed by atoms with van der Waals surface area (Å²) in [6.07, 6.45) is 0.478. The Bertz CT molecular complexity index is 1000. The van der Waals surface area contributed by atoms with E-state index in [4.69, 9.17) is 13.9 Å². The van der Waals surface area contributed by atoms with E-state index in [9.17, 15) is 9.59 Å². The van der Waals surface area contributed by atoms with Crippen molar-refractivity contribution in [2.24, 2.45) is 17.3 Å². The highest BCUT2D eigenvalue weighted by Crippen LogP contribution is 2.43. The Balaban J connectivity index is 2.61. The van der Waals surface area contributed by atoms with Crippen LogP contribution in [0.1, 0.15) is 59.6 Å². The van der Waals surface area contributed by atoms with E-state index in [0.29, 0.717) is 23.3 Å². The van der Waals surface area contributed by atoms with Gasteiger partial charge in [-0.25, -0.2) is 9.59 Å². The average molecular weight is 528 g/mol. The van der Waals surface area contributed by atoms with Gasteiger partial charge in [-0.05, 0) is 49.7 Å². The number of esters is 1. The molecule has 2 rings (SSSR count). The molecule has 0 saturated carbocycles. The Hall–Kier alpha value is -2.64. The molecule has 0 fully saturated rings. The molecule has 0 aliphatic rings. The topological polar surface area (TPSA) is 73.9 Å². The zero-order valence-corrected chi connectivity index (χ0v) is 26.0. The molecule has 1 amide bonds. The first kappa shape index (κ1) is 30.6. The summed E-state index contributed by atoms with van der Waals surface area (Å²) < 4.78 is 17.3. The lowest BCUT2D eigenvalue weighted by atomic mass is 9.62. The number of nitrogens with one attached hydrogen (secondary N) is 1. The molecule has 0 aliphatic heterocycles. The van der Waals surface area contributed by atoms with Crippen LogP contribution in [0.15, 0.2) is 60.7 Å². The van der Waals surface area contributed by atoms with E-state index in [0.717, 1.165) is 11.1 Å². The number of hydrogen-bond acceptors (Lipinski definition) is 5. The Morgan fingerprint density at radius 2 is 1.41 bits per heavy atom. The number of rotatable bonds is 10. The minimum Gasteiger partial charge on any atom is -0.467 e. The van der Waals surface area contributed by atoms with E-state index in [1.165, 1.54) is 7.11 Å². The second kappa shape index (κ2) is 12.7. The molecule has 0 spiro atoms. The maximum absolute atomic E-state index is 13.5. The summed E-state index contributed by atoms with van der Waals surface area (Å²) >= 11 is 0. The van der Waals surface area contributed by atoms with Crippen LogP contribution in [0.2, 0.25) is 0 Å². The van der Waals surface area contributed by atoms with Crippen molar-refractivity contribution in [1.82, 2.24) is 5.32 Å². The maximum atomic E-state index is 13.5. The van der Waals surface area contributed by atoms with Gasteiger partial charge in [-0.1, -0.05) is 88.4 Å². The summed E-state index contributed by atoms with van der Waals surface area (Å²) in [5.41, 5.74) is -0.0632. The highest BCUT2D eigenvalue weighted by molar-refractivity contribution is 6.00. The monoisotopic (exact) mass is 527 g/mol. The van der Waals surface area contributed by atoms with Crippen LogP contribution in [0.3, 0.4) is 0 Å². The van der Waals surface area contributed by atoms with Gasteiger partial charge >= 0.3 is 12.1 Å². The SMILES string of the molecule is COC(=O)C(Cc1ccccc1)(O[SiH3])C(C)C(C(Cc1ccccc1)NC(=O)OC(C)(C)C)C(C)(C)C. The van der Waals surface area contributed by atoms with Crippen LogP contribution in [0.4, 0.5) is 4.79 Å². The second-order valence-electron chi connectivity index (χ2n) is 11.9. The Kier molecular flexibility index (Phi) is 10.5. The van der Waals surface area contributed by atoms with Crippen LogP contribution in [-0.4, -0.2) is 46.9 Å². The molecule has 0 aromatic heterocycles. The van der Waals surface area contributed by atoms with Crippen molar-refractivity contribution in [3.8, 4) is 0 Å². The molecule has 37 heavy (non-hydrogen) atoms. The van der Waals surface area contributed by atoms with Crippen molar-refractivity contribution in [3.63, 3.8) is 0 Å². The summed E-state index contributed by atoms with van der Waals surface area (Å²) in [6.45, 7) is 14.0. The minimum absolute atomic E-state index is 0.169. The van der Waals surface area contributed by atoms with Crippen LogP contribution < -0.4 is 5.32 Å². The number of hydrogen-bond donors (Lipinski definition) is 1. The van der Waals surface area contributed by atoms with Crippen LogP contribution in [0, 0.1) is 17.3 Å². The van der Waals surface area contributed by atoms with Crippen LogP contribution in [-0.2, 0) is 31.5 Å². The Labute approximate surface area is 226 Å². The summed E-state index contributed by atoms with van der Waals surface area (Å²) in [6, 6.07) is 19.6. The summed E-state index contributed by atoms with van der Waals surface area (Å²) in [4.78, 5) is 26.6. The molecular weight excluding hydrogens is 482 g/mol. The lowest BCUT2D eigenvalue weighted by Gasteiger charge is -2.48. The first-order valence-corrected chi connectivity index (χ1v) is 13.8. The standard InChI is InChI=1S/C30H45NO5Si/c1-21(30(36-37,26(32)34-8)20-23-17-13-10-14-18-23)25(28(2,3)4)24(19-22-15-11-9-12-16-22)31-27(33)35-29(5,6)7/h9-18,21,24-25H,19-20H2,1-8,37H3,(H,31,33). The fourth-order valence-electron chi connectivity index (χ4n) is 5.42. The van der Waals surface area contributed by atoms with E-state index in [2.05, 4.69) is 38.2 Å². The molecule has 2 aromatic carbocycles. The smallest absolute Gasteiger partial charge is 0.407 e. The number of ether oxygens (including phenoxy) is 2. The lowest BCUT2D eigenvalue weighted by molar-refractivity contribution is -0.168. The molecule has 1 N–H and O–H groups in total. The molecule has 4 unspecified atom stereocenters. The van der Waals surface area contributed by atoms with Crippen molar-refractivity contribution < 1.29 is 23.5 Å². The number of amides is 1. The predicted octanol–water partition coefficient (Wildman–Crippen LogP) is 4.87. The van der Waals surface area contributed by atoms with Crippen molar-refractivity contribution in [2.45, 2.75) is 78.6 Å². The highest BCUT2D eigenvalue weighted by atomic mass is 28.2. The number of benzene rings is 2. The van der Waals surface area contributed by atoms with Crippen molar-refractivity contribution in [2.75, 3.05) is 7.11 Å². The summed E-state index contributed by atoms with van der Waals surface area (Å²) in [5.74, 6) is -0.873. The number of carbonyl (C=O) groups excluding carboxylic acids is 2. The first-order chi connectivity index (χ1) is 17.2. The van der Waals surface area contributed by atoms with Crippen molar-refractivity contribution in [1.29, 1.82) is 0 Å². The van der Waals surface area contributed by atoms with Crippen molar-refractivity contribution in [3.05, 3.63) is 71.8 Å². The quantitative estimate of drug-likeness (QED) is 0.352. The average Bonchev–Trinajstić information content (AvgIpc) is 2.81. The summed E-state index contributed by atoms with van der Waals surface area (Å²) in [5, 5.41) is 3.17. The maximum Gasteiger partial charge on any atom is 0.407 e. The van der Waals surface area contributed by atoms with Gasteiger partial charge < -0.3 is 19.2 Å². The van der Waals surface area contributed by atoms with Crippen LogP contribution in [0.5, 0.6) is 0 Å². The number of carbonyl (C=O) groups is 2. The van der Waals surface area contributed by atoms with Gasteiger partial charge in [-0.2, -0.15) is 0 Å². The minimum atomic E-state index is -1.20. The fourth-order valence-corrected chi connectivity index (χ4v) is 6.10. The molecule has 0 bridgehead atoms. The Morgan fingerprint density at radius 3 is 1.84 bits per heavy atom. The van der Waals surface area contributed by atoms with Gasteiger partial charge in [0.2, 0.25) is 0 Å². The number of alkyl carbamates (subject to hydrolysis) is 1. The zero-order chi connectivity index (χ0) is 27.9. The molecule has 7 heteroatoms. The van der Waals surface area contributed by atoms with Crippen molar-refractivity contribution >= 4 is 22.5 Å². The van der Waals surface area contributed by atoms with Gasteiger partial charge in [0.25, 0.3) is 0 Å². The summed E-state index contributed by atoms with van der Waals surface area (Å²) in [7, 11) is 1.75. The molecule has 2 aromatic rings. The van der Waals surface area contributed by atoms with Crippen LogP contribution in [0.25, 0.3) is 0 Å². The normalized spacial score (nSPS) is 16.2. The molecular formula is C30H45NO5Si. The van der Waals surface area contributed by atoms with E-state index >= 15 is 0 Å². The lowest BCUT2D eigenvalue weighted by Crippen LogP contribution is -2.59. The van der Waals surface area contributed by atoms with E-state index in [1.807, 2.05) is 76.2 Å². The first-order valence-electron chi connectivity index (χ1n) is 12.9. The van der Waals surface area contributed by atoms with Gasteiger partial charge in [0.1, 0.15) is 16.1 Å². The number of methoxy groups -OCH3 is 1. The Morgan fingerprint density at radius 1 is 0.892 bits per heavy atom. The van der Waals surface area contributed by atoms with Gasteiger partial charge in [0, 0.05) is 18.4 Å². The fraction of sp³-hybridized carbons (Fsp3) is 0.533. The molecule has 6 nitrogen and oxygen atoms in total. The third-order valence-corrected chi connectivity index (χ3v) is 7.64. The third kappa shape index (κ3) is 8.43. The van der Waals surface area contributed by atoms with Gasteiger partial charge in [0.15, 0.2) is 5.60 Å². The van der Waals surface area contributed by atoms with Gasteiger partial charge in [-0.15, -0.1) is 0 Å². The van der Waals surface area contributed by atoms with Gasteiger partial charge in [0.05, 0.1) is 7.11 Å². The predicted molar refractivity (Wildman–Crippen MR) is 151 cm³/mol. The van der Waals surface area contributed by atoms with Crippen LogP contribution >= 0.6 is 0 Å². The highest BCUT2D eigenvalue weighted by Gasteiger charge is 2.52. The van der Waals surface area contributed by atoms with E-state index in [-0.39, 0.29) is 23.3 Å². The zero-order valence-electron chi connectivity index (χ0n) is 24.0. The van der Waals surface area contributed by atoms with E-state index in [1.54, 1.807) is 0 Å². The molecule has 204 valence electrons. The molecule has 4 atom stereocenters. The molecule has 0 heterocycles. The van der Waals surface area contributed by atoms with Gasteiger partial charge in [-0.3, -0.25) is 0 Å². The third-order valence-electron chi connectivity index (χ3n) is 6.91. The van der Waals surface area contributed by atoms with E-state index < -0.39 is 23.3 Å². The molecule has 0 saturated heterocycles. The molecule has 0 radical (unpaired) electrons. The molecule has 0 aliphatic carbocycles.